The highest BCUT2D eigenvalue weighted by Gasteiger charge is 2.42. The summed E-state index contributed by atoms with van der Waals surface area (Å²) in [5.41, 5.74) is -0.698. The fourth-order valence-electron chi connectivity index (χ4n) is 3.82. The van der Waals surface area contributed by atoms with Crippen LogP contribution >= 0.6 is 0 Å². The molecule has 3 heteroatoms. The number of carbonyl (C=O) groups excluding carboxylic acids is 1. The molecule has 1 amide bonds. The number of likely N-dealkylation sites (tertiary alicyclic amines) is 1. The number of nitriles is 1. The first-order valence-corrected chi connectivity index (χ1v) is 8.30. The first kappa shape index (κ1) is 15.4. The average Bonchev–Trinajstić information content (AvgIpc) is 2.73. The molecular formula is C17H28N2O. The molecule has 1 aliphatic heterocycles. The molecule has 112 valence electrons. The second-order valence-electron chi connectivity index (χ2n) is 6.98. The molecule has 0 aromatic rings. The number of nitrogens with zero attached hydrogens (tertiary/aromatic N) is 2. The maximum absolute atomic E-state index is 12.8. The lowest BCUT2D eigenvalue weighted by Gasteiger charge is -2.34. The summed E-state index contributed by atoms with van der Waals surface area (Å²) in [5.74, 6) is 1.56. The van der Waals surface area contributed by atoms with Gasteiger partial charge in [0, 0.05) is 13.1 Å². The average molecular weight is 276 g/mol. The Morgan fingerprint density at radius 1 is 1.15 bits per heavy atom. The van der Waals surface area contributed by atoms with E-state index in [0.29, 0.717) is 5.92 Å². The van der Waals surface area contributed by atoms with Crippen LogP contribution in [0, 0.1) is 28.6 Å². The minimum atomic E-state index is -0.698. The van der Waals surface area contributed by atoms with E-state index in [2.05, 4.69) is 19.9 Å². The van der Waals surface area contributed by atoms with Crippen LogP contribution in [0.2, 0.25) is 0 Å². The molecule has 0 aromatic carbocycles. The first-order chi connectivity index (χ1) is 9.59. The number of carbonyl (C=O) groups is 1. The summed E-state index contributed by atoms with van der Waals surface area (Å²) in [6.45, 7) is 6.26. The van der Waals surface area contributed by atoms with Gasteiger partial charge in [0.2, 0.25) is 5.91 Å². The third kappa shape index (κ3) is 3.16. The van der Waals surface area contributed by atoms with Crippen molar-refractivity contribution >= 4 is 5.91 Å². The maximum atomic E-state index is 12.8. The molecule has 2 rings (SSSR count). The highest BCUT2D eigenvalue weighted by Crippen LogP contribution is 2.38. The lowest BCUT2D eigenvalue weighted by molar-refractivity contribution is -0.140. The van der Waals surface area contributed by atoms with E-state index in [1.165, 1.54) is 12.8 Å². The van der Waals surface area contributed by atoms with Gasteiger partial charge in [-0.3, -0.25) is 4.79 Å². The first-order valence-electron chi connectivity index (χ1n) is 8.30. The molecule has 1 atom stereocenters. The standard InChI is InChI=1S/C17H28N2O/c1-14(2)15-7-6-11-19(12-8-15)16(20)17(13-18)9-4-3-5-10-17/h14-15H,3-12H2,1-2H3. The summed E-state index contributed by atoms with van der Waals surface area (Å²) in [5, 5.41) is 9.56. The predicted molar refractivity (Wildman–Crippen MR) is 79.9 cm³/mol. The van der Waals surface area contributed by atoms with Crippen molar-refractivity contribution in [2.45, 2.75) is 65.2 Å². The van der Waals surface area contributed by atoms with Gasteiger partial charge in [0.1, 0.15) is 5.41 Å². The smallest absolute Gasteiger partial charge is 0.243 e. The Morgan fingerprint density at radius 3 is 2.45 bits per heavy atom. The second-order valence-corrected chi connectivity index (χ2v) is 6.98. The molecule has 0 spiro atoms. The highest BCUT2D eigenvalue weighted by atomic mass is 16.2. The topological polar surface area (TPSA) is 44.1 Å². The number of hydrogen-bond acceptors (Lipinski definition) is 2. The molecule has 0 N–H and O–H groups in total. The summed E-state index contributed by atoms with van der Waals surface area (Å²) in [6.07, 6.45) is 8.19. The monoisotopic (exact) mass is 276 g/mol. The molecule has 2 aliphatic rings. The zero-order valence-electron chi connectivity index (χ0n) is 13.0. The maximum Gasteiger partial charge on any atom is 0.243 e. The molecule has 1 saturated carbocycles. The van der Waals surface area contributed by atoms with Crippen LogP contribution in [0.5, 0.6) is 0 Å². The largest absolute Gasteiger partial charge is 0.341 e. The molecule has 0 bridgehead atoms. The molecule has 1 heterocycles. The van der Waals surface area contributed by atoms with Crippen LogP contribution in [0.25, 0.3) is 0 Å². The van der Waals surface area contributed by atoms with Gasteiger partial charge in [-0.25, -0.2) is 0 Å². The molecule has 1 saturated heterocycles. The molecule has 0 aromatic heterocycles. The normalized spacial score (nSPS) is 26.9. The molecule has 2 fully saturated rings. The Kier molecular flexibility index (Phi) is 5.07. The van der Waals surface area contributed by atoms with E-state index in [0.717, 1.165) is 57.5 Å². The van der Waals surface area contributed by atoms with Crippen LogP contribution in [-0.4, -0.2) is 23.9 Å². The van der Waals surface area contributed by atoms with Crippen molar-refractivity contribution in [1.82, 2.24) is 4.90 Å². The summed E-state index contributed by atoms with van der Waals surface area (Å²) >= 11 is 0. The van der Waals surface area contributed by atoms with Crippen molar-refractivity contribution in [3.8, 4) is 6.07 Å². The van der Waals surface area contributed by atoms with Crippen molar-refractivity contribution in [3.63, 3.8) is 0 Å². The zero-order chi connectivity index (χ0) is 14.6. The van der Waals surface area contributed by atoms with Gasteiger partial charge in [-0.15, -0.1) is 0 Å². The summed E-state index contributed by atoms with van der Waals surface area (Å²) in [4.78, 5) is 14.8. The van der Waals surface area contributed by atoms with Gasteiger partial charge in [-0.2, -0.15) is 5.26 Å². The molecule has 3 nitrogen and oxygen atoms in total. The summed E-state index contributed by atoms with van der Waals surface area (Å²) in [7, 11) is 0. The van der Waals surface area contributed by atoms with Gasteiger partial charge in [0.25, 0.3) is 0 Å². The van der Waals surface area contributed by atoms with Gasteiger partial charge in [0.15, 0.2) is 0 Å². The summed E-state index contributed by atoms with van der Waals surface area (Å²) < 4.78 is 0. The fourth-order valence-corrected chi connectivity index (χ4v) is 3.82. The minimum Gasteiger partial charge on any atom is -0.341 e. The van der Waals surface area contributed by atoms with Crippen molar-refractivity contribution in [2.24, 2.45) is 17.3 Å². The molecular weight excluding hydrogens is 248 g/mol. The van der Waals surface area contributed by atoms with Crippen molar-refractivity contribution in [3.05, 3.63) is 0 Å². The van der Waals surface area contributed by atoms with Gasteiger partial charge < -0.3 is 4.90 Å². The molecule has 1 aliphatic carbocycles. The van der Waals surface area contributed by atoms with Crippen molar-refractivity contribution in [1.29, 1.82) is 5.26 Å². The predicted octanol–water partition coefficient (Wildman–Crippen LogP) is 3.75. The van der Waals surface area contributed by atoms with Crippen LogP contribution in [0.3, 0.4) is 0 Å². The van der Waals surface area contributed by atoms with Crippen LogP contribution in [0.4, 0.5) is 0 Å². The number of rotatable bonds is 2. The quantitative estimate of drug-likeness (QED) is 0.771. The van der Waals surface area contributed by atoms with E-state index in [-0.39, 0.29) is 5.91 Å². The van der Waals surface area contributed by atoms with Gasteiger partial charge in [-0.05, 0) is 43.9 Å². The number of amides is 1. The van der Waals surface area contributed by atoms with E-state index in [1.807, 2.05) is 4.90 Å². The molecule has 0 radical (unpaired) electrons. The number of hydrogen-bond donors (Lipinski definition) is 0. The Bertz CT molecular complexity index is 377. The Hall–Kier alpha value is -1.04. The van der Waals surface area contributed by atoms with Gasteiger partial charge >= 0.3 is 0 Å². The van der Waals surface area contributed by atoms with E-state index in [9.17, 15) is 10.1 Å². The van der Waals surface area contributed by atoms with Gasteiger partial charge in [0.05, 0.1) is 6.07 Å². The van der Waals surface area contributed by atoms with E-state index in [4.69, 9.17) is 0 Å². The van der Waals surface area contributed by atoms with Crippen LogP contribution in [0.15, 0.2) is 0 Å². The lowest BCUT2D eigenvalue weighted by atomic mass is 9.74. The zero-order valence-corrected chi connectivity index (χ0v) is 13.0. The Morgan fingerprint density at radius 2 is 1.85 bits per heavy atom. The van der Waals surface area contributed by atoms with Crippen molar-refractivity contribution < 1.29 is 4.79 Å². The van der Waals surface area contributed by atoms with Crippen LogP contribution in [-0.2, 0) is 4.79 Å². The SMILES string of the molecule is CC(C)C1CCCN(C(=O)C2(C#N)CCCCC2)CC1. The molecule has 1 unspecified atom stereocenters. The Labute approximate surface area is 123 Å². The molecule has 20 heavy (non-hydrogen) atoms. The van der Waals surface area contributed by atoms with E-state index in [1.54, 1.807) is 0 Å². The van der Waals surface area contributed by atoms with Crippen LogP contribution < -0.4 is 0 Å². The van der Waals surface area contributed by atoms with Crippen molar-refractivity contribution in [2.75, 3.05) is 13.1 Å². The van der Waals surface area contributed by atoms with Gasteiger partial charge in [-0.1, -0.05) is 33.1 Å². The summed E-state index contributed by atoms with van der Waals surface area (Å²) in [6, 6.07) is 2.38. The van der Waals surface area contributed by atoms with E-state index >= 15 is 0 Å². The highest BCUT2D eigenvalue weighted by molar-refractivity contribution is 5.85. The van der Waals surface area contributed by atoms with E-state index < -0.39 is 5.41 Å². The lowest BCUT2D eigenvalue weighted by Crippen LogP contribution is -2.45. The van der Waals surface area contributed by atoms with Crippen LogP contribution in [0.1, 0.15) is 65.2 Å². The minimum absolute atomic E-state index is 0.129. The third-order valence-electron chi connectivity index (χ3n) is 5.33. The fraction of sp³-hybridized carbons (Fsp3) is 0.882. The third-order valence-corrected chi connectivity index (χ3v) is 5.33. The Balaban J connectivity index is 2.03. The second kappa shape index (κ2) is 6.61.